The molecule has 12 heavy (non-hydrogen) atoms. The molecule has 0 heterocycles. The monoisotopic (exact) mass is 182 g/mol. The van der Waals surface area contributed by atoms with Gasteiger partial charge in [-0.15, -0.1) is 0 Å². The first kappa shape index (κ1) is 11.2. The van der Waals surface area contributed by atoms with E-state index in [0.717, 1.165) is 6.42 Å². The van der Waals surface area contributed by atoms with Gasteiger partial charge in [-0.2, -0.15) is 0 Å². The van der Waals surface area contributed by atoms with Gasteiger partial charge >= 0.3 is 0 Å². The number of rotatable bonds is 2. The molecule has 0 amide bonds. The van der Waals surface area contributed by atoms with Crippen molar-refractivity contribution in [2.24, 2.45) is 0 Å². The fourth-order valence-corrected chi connectivity index (χ4v) is 0.972. The highest BCUT2D eigenvalue weighted by Gasteiger charge is 1.90. The maximum atomic E-state index is 5.62. The topological polar surface area (TPSA) is 0 Å². The van der Waals surface area contributed by atoms with Crippen LogP contribution in [0.5, 0.6) is 0 Å². The van der Waals surface area contributed by atoms with E-state index >= 15 is 0 Å². The van der Waals surface area contributed by atoms with Crippen molar-refractivity contribution in [2.45, 2.75) is 20.3 Å². The molecule has 0 aromatic heterocycles. The highest BCUT2D eigenvalue weighted by molar-refractivity contribution is 6.29. The Bertz CT molecular complexity index is 214. The molecule has 0 fully saturated rings. The molecule has 1 rings (SSSR count). The molecular formula is C11H15Cl. The Kier molecular flexibility index (Phi) is 6.50. The van der Waals surface area contributed by atoms with Crippen molar-refractivity contribution >= 4 is 11.6 Å². The fourth-order valence-electron chi connectivity index (χ4n) is 0.817. The van der Waals surface area contributed by atoms with Crippen molar-refractivity contribution in [1.29, 1.82) is 0 Å². The standard InChI is InChI=1S/C9H9Cl.C2H6/c1-8(10)7-9-5-3-2-4-6-9;1-2/h2-6H,1,7H2;1-2H3. The largest absolute Gasteiger partial charge is 0.0894 e. The zero-order valence-corrected chi connectivity index (χ0v) is 8.43. The van der Waals surface area contributed by atoms with Gasteiger partial charge in [0.25, 0.3) is 0 Å². The number of hydrogen-bond acceptors (Lipinski definition) is 0. The third kappa shape index (κ3) is 4.97. The summed E-state index contributed by atoms with van der Waals surface area (Å²) in [6.07, 6.45) is 0.766. The minimum absolute atomic E-state index is 0.686. The number of allylic oxidation sites excluding steroid dienone is 1. The molecule has 1 aromatic carbocycles. The summed E-state index contributed by atoms with van der Waals surface area (Å²) >= 11 is 5.62. The van der Waals surface area contributed by atoms with Crippen molar-refractivity contribution in [3.63, 3.8) is 0 Å². The van der Waals surface area contributed by atoms with Gasteiger partial charge in [-0.25, -0.2) is 0 Å². The van der Waals surface area contributed by atoms with Gasteiger partial charge in [0, 0.05) is 11.5 Å². The quantitative estimate of drug-likeness (QED) is 0.649. The van der Waals surface area contributed by atoms with Gasteiger partial charge < -0.3 is 0 Å². The molecule has 1 aromatic rings. The average molecular weight is 183 g/mol. The number of halogens is 1. The van der Waals surface area contributed by atoms with Gasteiger partial charge in [0.15, 0.2) is 0 Å². The lowest BCUT2D eigenvalue weighted by atomic mass is 10.2. The van der Waals surface area contributed by atoms with Crippen LogP contribution in [0, 0.1) is 0 Å². The first-order valence-corrected chi connectivity index (χ1v) is 4.54. The van der Waals surface area contributed by atoms with Crippen LogP contribution in [0.1, 0.15) is 19.4 Å². The third-order valence-corrected chi connectivity index (χ3v) is 1.37. The van der Waals surface area contributed by atoms with Gasteiger partial charge in [-0.05, 0) is 5.56 Å². The normalized spacial score (nSPS) is 8.25. The molecule has 0 saturated carbocycles. The van der Waals surface area contributed by atoms with E-state index in [-0.39, 0.29) is 0 Å². The molecule has 0 atom stereocenters. The SMILES string of the molecule is C=C(Cl)Cc1ccccc1.CC. The van der Waals surface area contributed by atoms with E-state index in [1.165, 1.54) is 5.56 Å². The smallest absolute Gasteiger partial charge is 0.0153 e. The first-order valence-electron chi connectivity index (χ1n) is 4.16. The Balaban J connectivity index is 0.000000561. The van der Waals surface area contributed by atoms with Gasteiger partial charge in [0.1, 0.15) is 0 Å². The molecular weight excluding hydrogens is 168 g/mol. The third-order valence-electron chi connectivity index (χ3n) is 1.24. The van der Waals surface area contributed by atoms with Crippen molar-refractivity contribution in [3.05, 3.63) is 47.5 Å². The zero-order chi connectivity index (χ0) is 9.40. The van der Waals surface area contributed by atoms with Crippen molar-refractivity contribution in [1.82, 2.24) is 0 Å². The van der Waals surface area contributed by atoms with Crippen LogP contribution < -0.4 is 0 Å². The Morgan fingerprint density at radius 3 is 2.17 bits per heavy atom. The first-order chi connectivity index (χ1) is 5.79. The summed E-state index contributed by atoms with van der Waals surface area (Å²) in [5.41, 5.74) is 1.21. The predicted molar refractivity (Wildman–Crippen MR) is 56.5 cm³/mol. The van der Waals surface area contributed by atoms with E-state index in [1.807, 2.05) is 44.2 Å². The number of benzene rings is 1. The Hall–Kier alpha value is -0.750. The van der Waals surface area contributed by atoms with Crippen LogP contribution in [0.25, 0.3) is 0 Å². The Morgan fingerprint density at radius 1 is 1.25 bits per heavy atom. The van der Waals surface area contributed by atoms with Crippen LogP contribution >= 0.6 is 11.6 Å². The van der Waals surface area contributed by atoms with Crippen LogP contribution in [0.3, 0.4) is 0 Å². The molecule has 66 valence electrons. The maximum Gasteiger partial charge on any atom is 0.0153 e. The molecule has 0 aliphatic rings. The van der Waals surface area contributed by atoms with E-state index in [2.05, 4.69) is 6.58 Å². The Labute approximate surface area is 79.9 Å². The zero-order valence-electron chi connectivity index (χ0n) is 7.68. The molecule has 0 saturated heterocycles. The lowest BCUT2D eigenvalue weighted by Crippen LogP contribution is -1.80. The van der Waals surface area contributed by atoms with E-state index in [0.29, 0.717) is 5.03 Å². The molecule has 1 heteroatoms. The molecule has 0 aliphatic carbocycles. The van der Waals surface area contributed by atoms with Crippen LogP contribution in [-0.4, -0.2) is 0 Å². The maximum absolute atomic E-state index is 5.62. The second-order valence-electron chi connectivity index (χ2n) is 2.18. The second kappa shape index (κ2) is 6.93. The van der Waals surface area contributed by atoms with Crippen LogP contribution in [0.2, 0.25) is 0 Å². The number of hydrogen-bond donors (Lipinski definition) is 0. The molecule has 0 bridgehead atoms. The van der Waals surface area contributed by atoms with E-state index in [1.54, 1.807) is 0 Å². The molecule has 0 N–H and O–H groups in total. The van der Waals surface area contributed by atoms with Gasteiger partial charge in [-0.1, -0.05) is 62.4 Å². The molecule has 0 radical (unpaired) electrons. The van der Waals surface area contributed by atoms with Gasteiger partial charge in [0.05, 0.1) is 0 Å². The van der Waals surface area contributed by atoms with Crippen LogP contribution in [0.4, 0.5) is 0 Å². The predicted octanol–water partition coefficient (Wildman–Crippen LogP) is 4.01. The molecule has 0 spiro atoms. The summed E-state index contributed by atoms with van der Waals surface area (Å²) in [4.78, 5) is 0. The summed E-state index contributed by atoms with van der Waals surface area (Å²) < 4.78 is 0. The average Bonchev–Trinajstić information content (AvgIpc) is 2.08. The Morgan fingerprint density at radius 2 is 1.75 bits per heavy atom. The minimum atomic E-state index is 0.686. The van der Waals surface area contributed by atoms with Gasteiger partial charge in [-0.3, -0.25) is 0 Å². The van der Waals surface area contributed by atoms with E-state index in [4.69, 9.17) is 11.6 Å². The molecule has 0 aliphatic heterocycles. The molecule has 0 nitrogen and oxygen atoms in total. The fraction of sp³-hybridized carbons (Fsp3) is 0.273. The van der Waals surface area contributed by atoms with Crippen molar-refractivity contribution in [3.8, 4) is 0 Å². The highest BCUT2D eigenvalue weighted by atomic mass is 35.5. The summed E-state index contributed by atoms with van der Waals surface area (Å²) in [5, 5.41) is 0.686. The lowest BCUT2D eigenvalue weighted by molar-refractivity contribution is 1.25. The van der Waals surface area contributed by atoms with Crippen LogP contribution in [-0.2, 0) is 6.42 Å². The van der Waals surface area contributed by atoms with E-state index < -0.39 is 0 Å². The summed E-state index contributed by atoms with van der Waals surface area (Å²) in [6, 6.07) is 10.0. The summed E-state index contributed by atoms with van der Waals surface area (Å²) in [7, 11) is 0. The highest BCUT2D eigenvalue weighted by Crippen LogP contribution is 2.08. The minimum Gasteiger partial charge on any atom is -0.0894 e. The lowest BCUT2D eigenvalue weighted by Gasteiger charge is -1.95. The van der Waals surface area contributed by atoms with Crippen molar-refractivity contribution < 1.29 is 0 Å². The van der Waals surface area contributed by atoms with Gasteiger partial charge in [0.2, 0.25) is 0 Å². The summed E-state index contributed by atoms with van der Waals surface area (Å²) in [5.74, 6) is 0. The van der Waals surface area contributed by atoms with Crippen molar-refractivity contribution in [2.75, 3.05) is 0 Å². The van der Waals surface area contributed by atoms with E-state index in [9.17, 15) is 0 Å². The van der Waals surface area contributed by atoms with Crippen LogP contribution in [0.15, 0.2) is 41.9 Å². The molecule has 0 unspecified atom stereocenters. The second-order valence-corrected chi connectivity index (χ2v) is 2.71. The summed E-state index contributed by atoms with van der Waals surface area (Å²) in [6.45, 7) is 7.62.